The van der Waals surface area contributed by atoms with Crippen LogP contribution < -0.4 is 10.6 Å². The van der Waals surface area contributed by atoms with Crippen LogP contribution in [-0.4, -0.2) is 39.8 Å². The summed E-state index contributed by atoms with van der Waals surface area (Å²) in [5.74, 6) is -1.23. The summed E-state index contributed by atoms with van der Waals surface area (Å²) in [6.45, 7) is -0.155. The minimum atomic E-state index is -4.42. The first-order valence-electron chi connectivity index (χ1n) is 7.86. The van der Waals surface area contributed by atoms with Gasteiger partial charge in [0.25, 0.3) is 11.8 Å². The molecule has 1 aliphatic heterocycles. The maximum Gasteiger partial charge on any atom is 0.446 e. The second-order valence-electron chi connectivity index (χ2n) is 5.82. The van der Waals surface area contributed by atoms with E-state index in [1.807, 2.05) is 0 Å². The lowest BCUT2D eigenvalue weighted by Gasteiger charge is -2.17. The molecule has 11 heteroatoms. The number of nitrogens with two attached hydrogens (primary N) is 1. The molecule has 1 aliphatic rings. The van der Waals surface area contributed by atoms with E-state index in [-0.39, 0.29) is 41.1 Å². The third-order valence-electron chi connectivity index (χ3n) is 3.82. The Morgan fingerprint density at radius 3 is 2.46 bits per heavy atom. The maximum absolute atomic E-state index is 12.6. The Labute approximate surface area is 161 Å². The van der Waals surface area contributed by atoms with Crippen LogP contribution in [0.4, 0.5) is 23.7 Å². The smallest absolute Gasteiger partial charge is 0.364 e. The van der Waals surface area contributed by atoms with Gasteiger partial charge in [-0.3, -0.25) is 14.6 Å². The number of rotatable bonds is 5. The van der Waals surface area contributed by atoms with E-state index in [4.69, 9.17) is 5.73 Å². The van der Waals surface area contributed by atoms with E-state index in [1.54, 1.807) is 6.07 Å². The molecule has 146 valence electrons. The summed E-state index contributed by atoms with van der Waals surface area (Å²) in [6, 6.07) is 7.34. The van der Waals surface area contributed by atoms with Gasteiger partial charge in [0.2, 0.25) is 0 Å². The third kappa shape index (κ3) is 4.42. The van der Waals surface area contributed by atoms with Crippen LogP contribution in [0.2, 0.25) is 0 Å². The number of hydrogen-bond acceptors (Lipinski definition) is 5. The van der Waals surface area contributed by atoms with Crippen LogP contribution in [-0.2, 0) is 11.3 Å². The van der Waals surface area contributed by atoms with Crippen molar-refractivity contribution in [3.8, 4) is 0 Å². The van der Waals surface area contributed by atoms with Crippen LogP contribution in [0.3, 0.4) is 0 Å². The fraction of sp³-hybridized carbons (Fsp3) is 0.176. The van der Waals surface area contributed by atoms with Crippen LogP contribution in [0.5, 0.6) is 0 Å². The highest BCUT2D eigenvalue weighted by Gasteiger charge is 2.37. The molecule has 2 N–H and O–H groups in total. The highest BCUT2D eigenvalue weighted by Crippen LogP contribution is 2.37. The number of nitrogens with zero attached hydrogens (tertiary/aromatic N) is 3. The van der Waals surface area contributed by atoms with Gasteiger partial charge in [0.15, 0.2) is 0 Å². The Morgan fingerprint density at radius 2 is 1.86 bits per heavy atom. The van der Waals surface area contributed by atoms with E-state index in [2.05, 4.69) is 4.98 Å². The standard InChI is InChI=1S/C17H13F3N4O3S/c18-17(19,20)28-12-3-1-11(2-4-12)24-14(25)9-23(16(24)27)8-10-5-6-22-13(7-10)15(21)26/h1-7H,8-9H2,(H2,21,26). The van der Waals surface area contributed by atoms with Gasteiger partial charge in [-0.2, -0.15) is 13.2 Å². The van der Waals surface area contributed by atoms with E-state index in [1.165, 1.54) is 41.4 Å². The molecule has 0 atom stereocenters. The molecule has 0 unspecified atom stereocenters. The molecule has 1 aromatic carbocycles. The first-order chi connectivity index (χ1) is 13.1. The number of pyridine rings is 1. The average molecular weight is 410 g/mol. The summed E-state index contributed by atoms with van der Waals surface area (Å²) in [5, 5.41) is 0. The Morgan fingerprint density at radius 1 is 1.18 bits per heavy atom. The number of anilines is 1. The van der Waals surface area contributed by atoms with Crippen molar-refractivity contribution in [2.75, 3.05) is 11.4 Å². The van der Waals surface area contributed by atoms with Gasteiger partial charge in [0.1, 0.15) is 12.2 Å². The van der Waals surface area contributed by atoms with Gasteiger partial charge in [-0.1, -0.05) is 0 Å². The van der Waals surface area contributed by atoms with E-state index in [9.17, 15) is 27.6 Å². The van der Waals surface area contributed by atoms with Crippen LogP contribution >= 0.6 is 11.8 Å². The van der Waals surface area contributed by atoms with Crippen LogP contribution in [0.15, 0.2) is 47.5 Å². The van der Waals surface area contributed by atoms with Gasteiger partial charge in [0.05, 0.1) is 5.69 Å². The number of urea groups is 1. The Bertz CT molecular complexity index is 934. The van der Waals surface area contributed by atoms with Crippen molar-refractivity contribution in [3.63, 3.8) is 0 Å². The fourth-order valence-corrected chi connectivity index (χ4v) is 3.19. The minimum absolute atomic E-state index is 0.0325. The lowest BCUT2D eigenvalue weighted by molar-refractivity contribution is -0.116. The molecule has 4 amide bonds. The number of aromatic nitrogens is 1. The predicted molar refractivity (Wildman–Crippen MR) is 94.4 cm³/mol. The summed E-state index contributed by atoms with van der Waals surface area (Å²) in [4.78, 5) is 42.0. The number of alkyl halides is 3. The topological polar surface area (TPSA) is 96.6 Å². The van der Waals surface area contributed by atoms with E-state index in [0.717, 1.165) is 4.90 Å². The molecule has 7 nitrogen and oxygen atoms in total. The molecule has 1 saturated heterocycles. The molecule has 2 aromatic rings. The molecule has 1 fully saturated rings. The Kier molecular flexibility index (Phi) is 5.27. The molecular formula is C17H13F3N4O3S. The summed E-state index contributed by atoms with van der Waals surface area (Å²) < 4.78 is 37.2. The first kappa shape index (κ1) is 19.7. The largest absolute Gasteiger partial charge is 0.446 e. The molecule has 1 aromatic heterocycles. The van der Waals surface area contributed by atoms with Gasteiger partial charge >= 0.3 is 11.5 Å². The lowest BCUT2D eigenvalue weighted by Crippen LogP contribution is -2.32. The van der Waals surface area contributed by atoms with Crippen LogP contribution in [0, 0.1) is 0 Å². The van der Waals surface area contributed by atoms with Gasteiger partial charge < -0.3 is 10.6 Å². The zero-order valence-corrected chi connectivity index (χ0v) is 15.0. The third-order valence-corrected chi connectivity index (χ3v) is 4.56. The first-order valence-corrected chi connectivity index (χ1v) is 8.68. The minimum Gasteiger partial charge on any atom is -0.364 e. The summed E-state index contributed by atoms with van der Waals surface area (Å²) >= 11 is -0.283. The van der Waals surface area contributed by atoms with Gasteiger partial charge in [-0.15, -0.1) is 0 Å². The molecule has 0 saturated carbocycles. The molecule has 3 rings (SSSR count). The van der Waals surface area contributed by atoms with Crippen molar-refractivity contribution in [1.29, 1.82) is 0 Å². The fourth-order valence-electron chi connectivity index (χ4n) is 2.65. The number of amides is 4. The molecule has 2 heterocycles. The zero-order chi connectivity index (χ0) is 20.5. The average Bonchev–Trinajstić information content (AvgIpc) is 2.88. The van der Waals surface area contributed by atoms with E-state index < -0.39 is 23.4 Å². The summed E-state index contributed by atoms with van der Waals surface area (Å²) in [7, 11) is 0. The van der Waals surface area contributed by atoms with Gasteiger partial charge in [0, 0.05) is 17.6 Å². The number of hydrogen-bond donors (Lipinski definition) is 1. The normalized spacial score (nSPS) is 14.7. The van der Waals surface area contributed by atoms with Crippen molar-refractivity contribution < 1.29 is 27.6 Å². The predicted octanol–water partition coefficient (Wildman–Crippen LogP) is 2.76. The molecule has 0 bridgehead atoms. The SMILES string of the molecule is NC(=O)c1cc(CN2CC(=O)N(c3ccc(SC(F)(F)F)cc3)C2=O)ccn1. The summed E-state index contributed by atoms with van der Waals surface area (Å²) in [5.41, 5.74) is 1.52. The van der Waals surface area contributed by atoms with Crippen molar-refractivity contribution in [3.05, 3.63) is 53.9 Å². The number of carbonyl (C=O) groups excluding carboxylic acids is 3. The molecule has 0 spiro atoms. The Hall–Kier alpha value is -3.08. The number of halogens is 3. The number of benzene rings is 1. The van der Waals surface area contributed by atoms with Crippen molar-refractivity contribution in [1.82, 2.24) is 9.88 Å². The zero-order valence-electron chi connectivity index (χ0n) is 14.1. The van der Waals surface area contributed by atoms with E-state index in [0.29, 0.717) is 5.56 Å². The van der Waals surface area contributed by atoms with Crippen LogP contribution in [0.25, 0.3) is 0 Å². The summed E-state index contributed by atoms with van der Waals surface area (Å²) in [6.07, 6.45) is 1.37. The number of imide groups is 1. The quantitative estimate of drug-likeness (QED) is 0.604. The highest BCUT2D eigenvalue weighted by molar-refractivity contribution is 8.00. The second kappa shape index (κ2) is 7.50. The monoisotopic (exact) mass is 410 g/mol. The molecule has 28 heavy (non-hydrogen) atoms. The number of carbonyl (C=O) groups is 3. The second-order valence-corrected chi connectivity index (χ2v) is 6.96. The number of thioether (sulfide) groups is 1. The van der Waals surface area contributed by atoms with Gasteiger partial charge in [-0.25, -0.2) is 9.69 Å². The van der Waals surface area contributed by atoms with Crippen molar-refractivity contribution in [2.45, 2.75) is 16.9 Å². The van der Waals surface area contributed by atoms with Crippen molar-refractivity contribution >= 4 is 35.3 Å². The molecule has 0 radical (unpaired) electrons. The lowest BCUT2D eigenvalue weighted by atomic mass is 10.2. The highest BCUT2D eigenvalue weighted by atomic mass is 32.2. The van der Waals surface area contributed by atoms with Crippen LogP contribution in [0.1, 0.15) is 16.1 Å². The van der Waals surface area contributed by atoms with Gasteiger partial charge in [-0.05, 0) is 53.7 Å². The van der Waals surface area contributed by atoms with Crippen molar-refractivity contribution in [2.24, 2.45) is 5.73 Å². The molecular weight excluding hydrogens is 397 g/mol. The number of primary amides is 1. The maximum atomic E-state index is 12.6. The molecule has 0 aliphatic carbocycles. The Balaban J connectivity index is 1.75. The van der Waals surface area contributed by atoms with E-state index >= 15 is 0 Å².